The van der Waals surface area contributed by atoms with E-state index in [1.54, 1.807) is 12.1 Å². The molecule has 1 aromatic carbocycles. The number of ether oxygens (including phenoxy) is 1. The molecular weight excluding hydrogens is 634 g/mol. The van der Waals surface area contributed by atoms with Crippen molar-refractivity contribution in [3.63, 3.8) is 0 Å². The summed E-state index contributed by atoms with van der Waals surface area (Å²) >= 11 is 0. The van der Waals surface area contributed by atoms with E-state index in [0.29, 0.717) is 24.2 Å². The largest absolute Gasteiger partial charge is 0.484 e. The van der Waals surface area contributed by atoms with Crippen LogP contribution in [0.2, 0.25) is 0 Å². The minimum absolute atomic E-state index is 0.112. The quantitative estimate of drug-likeness (QED) is 0.201. The van der Waals surface area contributed by atoms with Gasteiger partial charge in [-0.05, 0) is 69.1 Å². The fraction of sp³-hybridized carbons (Fsp3) is 0.486. The van der Waals surface area contributed by atoms with E-state index in [1.165, 1.54) is 0 Å². The third-order valence-electron chi connectivity index (χ3n) is 9.72. The molecule has 50 heavy (non-hydrogen) atoms. The van der Waals surface area contributed by atoms with Gasteiger partial charge in [0, 0.05) is 49.5 Å². The van der Waals surface area contributed by atoms with E-state index in [0.717, 1.165) is 54.5 Å². The van der Waals surface area contributed by atoms with Crippen molar-refractivity contribution < 1.29 is 19.4 Å². The standard InChI is InChI=1S/C37H49N9O4/c1-36(2,3)31-22-24(21-29(40-31)33(48)38-15-20-47)39-35(49)41-28-12-13-30(27-10-8-7-9-26(27)28)50-25-11-14-32-42-43-34(46(32)23-25)37(4,5)45-18-16-44(6)17-19-45/h7-11,14,21-23,28,30,47H,12-13,15-20H2,1-6H3,(H,38,48)(H2,39,40,41,49)/t28-,30?/m0/s1. The second-order valence-corrected chi connectivity index (χ2v) is 14.8. The van der Waals surface area contributed by atoms with Crippen molar-refractivity contribution in [2.45, 2.75) is 70.6 Å². The molecule has 13 heteroatoms. The Hall–Kier alpha value is -4.59. The van der Waals surface area contributed by atoms with Gasteiger partial charge in [0.25, 0.3) is 5.91 Å². The maximum absolute atomic E-state index is 13.4. The number of aromatic nitrogens is 4. The number of rotatable bonds is 9. The predicted molar refractivity (Wildman–Crippen MR) is 191 cm³/mol. The molecule has 3 amide bonds. The van der Waals surface area contributed by atoms with Gasteiger partial charge in [0.05, 0.1) is 24.4 Å². The van der Waals surface area contributed by atoms with Crippen LogP contribution in [0.3, 0.4) is 0 Å². The second-order valence-electron chi connectivity index (χ2n) is 14.8. The van der Waals surface area contributed by atoms with Crippen molar-refractivity contribution in [2.75, 3.05) is 51.7 Å². The van der Waals surface area contributed by atoms with Gasteiger partial charge < -0.3 is 30.7 Å². The van der Waals surface area contributed by atoms with Gasteiger partial charge in [-0.25, -0.2) is 9.78 Å². The van der Waals surface area contributed by atoms with Gasteiger partial charge in [0.1, 0.15) is 17.5 Å². The Morgan fingerprint density at radius 3 is 2.42 bits per heavy atom. The number of carbonyl (C=O) groups is 2. The van der Waals surface area contributed by atoms with E-state index in [9.17, 15) is 9.59 Å². The lowest BCUT2D eigenvalue weighted by Crippen LogP contribution is -2.52. The first-order valence-corrected chi connectivity index (χ1v) is 17.4. The third kappa shape index (κ3) is 7.59. The van der Waals surface area contributed by atoms with Crippen LogP contribution in [0, 0.1) is 0 Å². The van der Waals surface area contributed by atoms with E-state index < -0.39 is 5.91 Å². The summed E-state index contributed by atoms with van der Waals surface area (Å²) < 4.78 is 8.70. The molecule has 1 aliphatic carbocycles. The maximum Gasteiger partial charge on any atom is 0.319 e. The Bertz CT molecular complexity index is 1840. The van der Waals surface area contributed by atoms with Gasteiger partial charge in [0.2, 0.25) is 0 Å². The first-order chi connectivity index (χ1) is 23.8. The molecule has 4 aromatic rings. The fourth-order valence-corrected chi connectivity index (χ4v) is 6.74. The summed E-state index contributed by atoms with van der Waals surface area (Å²) in [5.41, 5.74) is 3.41. The number of amides is 3. The van der Waals surface area contributed by atoms with E-state index in [2.05, 4.69) is 67.9 Å². The van der Waals surface area contributed by atoms with Crippen LogP contribution in [0.25, 0.3) is 5.65 Å². The summed E-state index contributed by atoms with van der Waals surface area (Å²) in [6.07, 6.45) is 3.15. The average molecular weight is 684 g/mol. The Balaban J connectivity index is 1.17. The summed E-state index contributed by atoms with van der Waals surface area (Å²) in [5.74, 6) is 1.19. The molecule has 266 valence electrons. The molecule has 3 aromatic heterocycles. The van der Waals surface area contributed by atoms with Crippen molar-refractivity contribution >= 4 is 23.3 Å². The van der Waals surface area contributed by atoms with Gasteiger partial charge in [-0.1, -0.05) is 45.0 Å². The molecule has 1 aliphatic heterocycles. The van der Waals surface area contributed by atoms with E-state index in [1.807, 2.05) is 61.7 Å². The van der Waals surface area contributed by atoms with Gasteiger partial charge in [0.15, 0.2) is 11.5 Å². The molecule has 4 N–H and O–H groups in total. The highest BCUT2D eigenvalue weighted by Crippen LogP contribution is 2.39. The minimum Gasteiger partial charge on any atom is -0.484 e. The lowest BCUT2D eigenvalue weighted by atomic mass is 9.85. The lowest BCUT2D eigenvalue weighted by Gasteiger charge is -2.42. The predicted octanol–water partition coefficient (Wildman–Crippen LogP) is 4.40. The fourth-order valence-electron chi connectivity index (χ4n) is 6.74. The molecule has 2 aliphatic rings. The number of urea groups is 1. The Kier molecular flexibility index (Phi) is 10.1. The molecule has 0 spiro atoms. The van der Waals surface area contributed by atoms with Crippen molar-refractivity contribution in [3.05, 3.63) is 83.1 Å². The zero-order chi connectivity index (χ0) is 35.6. The molecule has 0 bridgehead atoms. The molecule has 2 atom stereocenters. The first-order valence-electron chi connectivity index (χ1n) is 17.4. The Morgan fingerprint density at radius 1 is 0.960 bits per heavy atom. The SMILES string of the molecule is CN1CCN(C(C)(C)c2nnc3ccc(OC4CC[C@H](NC(=O)Nc5cc(C(=O)NCCO)nc(C(C)(C)C)c5)c5ccccc54)cn23)CC1. The summed E-state index contributed by atoms with van der Waals surface area (Å²) in [6, 6.07) is 14.6. The van der Waals surface area contributed by atoms with Crippen LogP contribution in [0.4, 0.5) is 10.5 Å². The number of piperazine rings is 1. The van der Waals surface area contributed by atoms with Crippen LogP contribution < -0.4 is 20.7 Å². The van der Waals surface area contributed by atoms with Crippen LogP contribution >= 0.6 is 0 Å². The Labute approximate surface area is 293 Å². The highest BCUT2D eigenvalue weighted by Gasteiger charge is 2.35. The number of anilines is 1. The lowest BCUT2D eigenvalue weighted by molar-refractivity contribution is 0.0544. The third-order valence-corrected chi connectivity index (χ3v) is 9.72. The minimum atomic E-state index is -0.417. The molecule has 13 nitrogen and oxygen atoms in total. The van der Waals surface area contributed by atoms with E-state index in [4.69, 9.17) is 9.84 Å². The number of carbonyl (C=O) groups excluding carboxylic acids is 2. The maximum atomic E-state index is 13.4. The number of aliphatic hydroxyl groups is 1. The first kappa shape index (κ1) is 35.2. The van der Waals surface area contributed by atoms with E-state index in [-0.39, 0.29) is 48.0 Å². The number of pyridine rings is 2. The van der Waals surface area contributed by atoms with Crippen molar-refractivity contribution in [3.8, 4) is 5.75 Å². The highest BCUT2D eigenvalue weighted by molar-refractivity contribution is 5.95. The molecule has 0 saturated carbocycles. The van der Waals surface area contributed by atoms with Crippen LogP contribution in [0.1, 0.15) is 92.7 Å². The number of nitrogens with zero attached hydrogens (tertiary/aromatic N) is 6. The van der Waals surface area contributed by atoms with Crippen molar-refractivity contribution in [1.82, 2.24) is 40.0 Å². The number of nitrogens with one attached hydrogen (secondary N) is 3. The number of likely N-dealkylation sites (N-methyl/N-ethyl adjacent to an activating group) is 1. The normalized spacial score (nSPS) is 18.8. The van der Waals surface area contributed by atoms with Gasteiger partial charge in [-0.15, -0.1) is 10.2 Å². The topological polar surface area (TPSA) is 149 Å². The van der Waals surface area contributed by atoms with Crippen LogP contribution in [0.15, 0.2) is 54.7 Å². The monoisotopic (exact) mass is 683 g/mol. The number of hydrogen-bond acceptors (Lipinski definition) is 9. The number of hydrogen-bond donors (Lipinski definition) is 4. The van der Waals surface area contributed by atoms with Gasteiger partial charge in [-0.2, -0.15) is 0 Å². The molecule has 6 rings (SSSR count). The molecule has 1 saturated heterocycles. The molecular formula is C37H49N9O4. The number of benzene rings is 1. The molecule has 1 unspecified atom stereocenters. The molecule has 1 fully saturated rings. The van der Waals surface area contributed by atoms with Crippen LogP contribution in [0.5, 0.6) is 5.75 Å². The van der Waals surface area contributed by atoms with Gasteiger partial charge >= 0.3 is 6.03 Å². The Morgan fingerprint density at radius 2 is 1.70 bits per heavy atom. The van der Waals surface area contributed by atoms with Crippen molar-refractivity contribution in [2.24, 2.45) is 0 Å². The zero-order valence-corrected chi connectivity index (χ0v) is 29.9. The summed E-state index contributed by atoms with van der Waals surface area (Å²) in [5, 5.41) is 26.9. The average Bonchev–Trinajstić information content (AvgIpc) is 3.52. The van der Waals surface area contributed by atoms with Crippen LogP contribution in [-0.4, -0.2) is 92.8 Å². The number of aliphatic hydroxyl groups excluding tert-OH is 1. The smallest absolute Gasteiger partial charge is 0.319 e. The summed E-state index contributed by atoms with van der Waals surface area (Å²) in [7, 11) is 2.16. The van der Waals surface area contributed by atoms with Crippen molar-refractivity contribution in [1.29, 1.82) is 0 Å². The highest BCUT2D eigenvalue weighted by atomic mass is 16.5. The molecule has 0 radical (unpaired) electrons. The van der Waals surface area contributed by atoms with Crippen LogP contribution in [-0.2, 0) is 11.0 Å². The zero-order valence-electron chi connectivity index (χ0n) is 29.9. The van der Waals surface area contributed by atoms with Gasteiger partial charge in [-0.3, -0.25) is 14.1 Å². The molecule has 4 heterocycles. The second kappa shape index (κ2) is 14.3. The summed E-state index contributed by atoms with van der Waals surface area (Å²) in [4.78, 5) is 35.4. The van der Waals surface area contributed by atoms with E-state index >= 15 is 0 Å². The number of fused-ring (bicyclic) bond motifs is 2. The summed E-state index contributed by atoms with van der Waals surface area (Å²) in [6.45, 7) is 14.3.